The van der Waals surface area contributed by atoms with Gasteiger partial charge in [0.2, 0.25) is 11.8 Å². The minimum Gasteiger partial charge on any atom is -0.444 e. The lowest BCUT2D eigenvalue weighted by molar-refractivity contribution is -0.143. The van der Waals surface area contributed by atoms with E-state index in [0.29, 0.717) is 17.5 Å². The predicted octanol–water partition coefficient (Wildman–Crippen LogP) is 2.75. The molecule has 8 heteroatoms. The highest BCUT2D eigenvalue weighted by Gasteiger charge is 2.36. The molecule has 3 amide bonds. The summed E-state index contributed by atoms with van der Waals surface area (Å²) in [5.41, 5.74) is 0.451. The van der Waals surface area contributed by atoms with Crippen molar-refractivity contribution in [3.63, 3.8) is 0 Å². The van der Waals surface area contributed by atoms with Crippen molar-refractivity contribution in [1.82, 2.24) is 15.5 Å². The first-order chi connectivity index (χ1) is 15.4. The Morgan fingerprint density at radius 1 is 1.15 bits per heavy atom. The Hall–Kier alpha value is -3.05. The number of hydrogen-bond acceptors (Lipinski definition) is 5. The van der Waals surface area contributed by atoms with Crippen LogP contribution in [0.1, 0.15) is 71.6 Å². The minimum atomic E-state index is -1.27. The van der Waals surface area contributed by atoms with Gasteiger partial charge in [0.15, 0.2) is 0 Å². The number of nitrogens with zero attached hydrogens (tertiary/aromatic N) is 1. The highest BCUT2D eigenvalue weighted by Crippen LogP contribution is 2.24. The fraction of sp³-hybridized carbons (Fsp3) is 0.560. The van der Waals surface area contributed by atoms with Gasteiger partial charge in [-0.25, -0.2) is 4.79 Å². The topological polar surface area (TPSA) is 108 Å². The molecule has 2 atom stereocenters. The molecule has 2 unspecified atom stereocenters. The van der Waals surface area contributed by atoms with Gasteiger partial charge in [-0.3, -0.25) is 9.59 Å². The van der Waals surface area contributed by atoms with Gasteiger partial charge in [-0.1, -0.05) is 31.4 Å². The van der Waals surface area contributed by atoms with E-state index in [1.165, 1.54) is 4.90 Å². The molecule has 0 saturated heterocycles. The first-order valence-electron chi connectivity index (χ1n) is 11.2. The molecule has 8 nitrogen and oxygen atoms in total. The molecule has 0 fully saturated rings. The van der Waals surface area contributed by atoms with E-state index in [-0.39, 0.29) is 18.5 Å². The van der Waals surface area contributed by atoms with Gasteiger partial charge in [0.05, 0.1) is 6.61 Å². The van der Waals surface area contributed by atoms with Gasteiger partial charge < -0.3 is 25.4 Å². The Balaban J connectivity index is 3.36. The summed E-state index contributed by atoms with van der Waals surface area (Å²) >= 11 is 0. The van der Waals surface area contributed by atoms with Crippen molar-refractivity contribution in [2.24, 2.45) is 0 Å². The number of ether oxygens (including phenoxy) is 1. The maximum absolute atomic E-state index is 13.5. The number of carbonyl (C=O) groups is 3. The zero-order chi connectivity index (χ0) is 25.2. The first-order valence-corrected chi connectivity index (χ1v) is 11.2. The fourth-order valence-electron chi connectivity index (χ4n) is 3.13. The van der Waals surface area contributed by atoms with E-state index in [1.807, 2.05) is 20.8 Å². The summed E-state index contributed by atoms with van der Waals surface area (Å²) in [6, 6.07) is 4.44. The summed E-state index contributed by atoms with van der Waals surface area (Å²) in [5.74, 6) is 1.59. The Kier molecular flexibility index (Phi) is 10.9. The summed E-state index contributed by atoms with van der Waals surface area (Å²) in [4.78, 5) is 40.4. The minimum absolute atomic E-state index is 0.151. The number of benzene rings is 1. The number of rotatable bonds is 10. The SMILES string of the molecule is C#Cc1ccc(C(C(=O)NC(C)C)N(CCCC)C(=O)C(CO)NC(=O)OC(C)(C)C)cc1. The number of hydrogen-bond donors (Lipinski definition) is 3. The van der Waals surface area contributed by atoms with Crippen molar-refractivity contribution in [2.75, 3.05) is 13.2 Å². The Labute approximate surface area is 197 Å². The number of nitrogens with one attached hydrogen (secondary N) is 2. The average Bonchev–Trinajstić information content (AvgIpc) is 2.72. The second-order valence-corrected chi connectivity index (χ2v) is 9.10. The smallest absolute Gasteiger partial charge is 0.408 e. The van der Waals surface area contributed by atoms with Crippen molar-refractivity contribution < 1.29 is 24.2 Å². The standard InChI is InChI=1S/C25H37N3O5/c1-8-10-15-28(23(31)20(16-29)27-24(32)33-25(5,6)7)21(22(30)26-17(3)4)19-13-11-18(9-2)12-14-19/h2,11-14,17,20-21,29H,8,10,15-16H2,1,3-7H3,(H,26,30)(H,27,32). The van der Waals surface area contributed by atoms with Crippen LogP contribution in [0.5, 0.6) is 0 Å². The number of alkyl carbamates (subject to hydrolysis) is 1. The Morgan fingerprint density at radius 2 is 1.76 bits per heavy atom. The van der Waals surface area contributed by atoms with Gasteiger partial charge in [-0.05, 0) is 58.7 Å². The quantitative estimate of drug-likeness (QED) is 0.466. The van der Waals surface area contributed by atoms with Crippen LogP contribution in [-0.4, -0.2) is 58.8 Å². The Bertz CT molecular complexity index is 837. The van der Waals surface area contributed by atoms with Crippen LogP contribution in [0.25, 0.3) is 0 Å². The number of aliphatic hydroxyl groups is 1. The van der Waals surface area contributed by atoms with Gasteiger partial charge >= 0.3 is 6.09 Å². The van der Waals surface area contributed by atoms with E-state index >= 15 is 0 Å². The number of aliphatic hydroxyl groups excluding tert-OH is 1. The first kappa shape index (κ1) is 28.0. The van der Waals surface area contributed by atoms with E-state index in [1.54, 1.807) is 45.0 Å². The van der Waals surface area contributed by atoms with Gasteiger partial charge in [-0.15, -0.1) is 6.42 Å². The Morgan fingerprint density at radius 3 is 2.21 bits per heavy atom. The van der Waals surface area contributed by atoms with Gasteiger partial charge in [0.25, 0.3) is 0 Å². The molecule has 3 N–H and O–H groups in total. The third kappa shape index (κ3) is 9.15. The third-order valence-corrected chi connectivity index (χ3v) is 4.59. The van der Waals surface area contributed by atoms with Gasteiger partial charge in [0.1, 0.15) is 17.7 Å². The lowest BCUT2D eigenvalue weighted by Gasteiger charge is -2.34. The lowest BCUT2D eigenvalue weighted by atomic mass is 10.0. The largest absolute Gasteiger partial charge is 0.444 e. The molecule has 1 rings (SSSR count). The maximum atomic E-state index is 13.5. The number of unbranched alkanes of at least 4 members (excludes halogenated alkanes) is 1. The number of amides is 3. The molecule has 33 heavy (non-hydrogen) atoms. The second-order valence-electron chi connectivity index (χ2n) is 9.10. The molecule has 0 aliphatic carbocycles. The molecular formula is C25H37N3O5. The van der Waals surface area contributed by atoms with E-state index in [2.05, 4.69) is 16.6 Å². The predicted molar refractivity (Wildman–Crippen MR) is 127 cm³/mol. The number of terminal acetylenes is 1. The summed E-state index contributed by atoms with van der Waals surface area (Å²) in [5, 5.41) is 15.2. The average molecular weight is 460 g/mol. The van der Waals surface area contributed by atoms with E-state index in [0.717, 1.165) is 6.42 Å². The van der Waals surface area contributed by atoms with Crippen molar-refractivity contribution in [3.8, 4) is 12.3 Å². The summed E-state index contributed by atoms with van der Waals surface area (Å²) < 4.78 is 5.22. The van der Waals surface area contributed by atoms with Crippen LogP contribution < -0.4 is 10.6 Å². The number of carbonyl (C=O) groups excluding carboxylic acids is 3. The molecule has 0 heterocycles. The van der Waals surface area contributed by atoms with Crippen LogP contribution in [0.15, 0.2) is 24.3 Å². The van der Waals surface area contributed by atoms with Crippen LogP contribution in [0.3, 0.4) is 0 Å². The van der Waals surface area contributed by atoms with E-state index < -0.39 is 36.3 Å². The molecule has 182 valence electrons. The van der Waals surface area contributed by atoms with Crippen LogP contribution >= 0.6 is 0 Å². The molecule has 1 aromatic carbocycles. The lowest BCUT2D eigenvalue weighted by Crippen LogP contribution is -2.55. The summed E-state index contributed by atoms with van der Waals surface area (Å²) in [7, 11) is 0. The highest BCUT2D eigenvalue weighted by atomic mass is 16.6. The molecule has 1 aromatic rings. The molecule has 0 radical (unpaired) electrons. The van der Waals surface area contributed by atoms with E-state index in [4.69, 9.17) is 11.2 Å². The molecule has 0 aromatic heterocycles. The normalized spacial score (nSPS) is 12.9. The molecule has 0 spiro atoms. The molecular weight excluding hydrogens is 422 g/mol. The zero-order valence-corrected chi connectivity index (χ0v) is 20.5. The molecule has 0 bridgehead atoms. The monoisotopic (exact) mass is 459 g/mol. The van der Waals surface area contributed by atoms with Gasteiger partial charge in [0, 0.05) is 18.2 Å². The van der Waals surface area contributed by atoms with Crippen LogP contribution in [0, 0.1) is 12.3 Å². The van der Waals surface area contributed by atoms with Crippen LogP contribution in [-0.2, 0) is 14.3 Å². The van der Waals surface area contributed by atoms with Crippen molar-refractivity contribution in [3.05, 3.63) is 35.4 Å². The zero-order valence-electron chi connectivity index (χ0n) is 20.5. The fourth-order valence-corrected chi connectivity index (χ4v) is 3.13. The second kappa shape index (κ2) is 12.9. The third-order valence-electron chi connectivity index (χ3n) is 4.59. The van der Waals surface area contributed by atoms with Gasteiger partial charge in [-0.2, -0.15) is 0 Å². The van der Waals surface area contributed by atoms with Crippen LogP contribution in [0.4, 0.5) is 4.79 Å². The summed E-state index contributed by atoms with van der Waals surface area (Å²) in [6.07, 6.45) is 6.03. The highest BCUT2D eigenvalue weighted by molar-refractivity contribution is 5.92. The molecule has 0 saturated carbocycles. The van der Waals surface area contributed by atoms with Crippen LogP contribution in [0.2, 0.25) is 0 Å². The van der Waals surface area contributed by atoms with E-state index in [9.17, 15) is 19.5 Å². The molecule has 0 aliphatic heterocycles. The summed E-state index contributed by atoms with van der Waals surface area (Å²) in [6.45, 7) is 10.3. The van der Waals surface area contributed by atoms with Crippen molar-refractivity contribution in [1.29, 1.82) is 0 Å². The maximum Gasteiger partial charge on any atom is 0.408 e. The van der Waals surface area contributed by atoms with Crippen molar-refractivity contribution in [2.45, 2.75) is 78.1 Å². The molecule has 0 aliphatic rings. The van der Waals surface area contributed by atoms with Crippen molar-refractivity contribution >= 4 is 17.9 Å².